The predicted octanol–water partition coefficient (Wildman–Crippen LogP) is 3.55. The molecule has 0 saturated heterocycles. The van der Waals surface area contributed by atoms with E-state index < -0.39 is 5.97 Å². The Hall–Kier alpha value is -2.50. The minimum atomic E-state index is -0.448. The maximum atomic E-state index is 12.1. The minimum Gasteiger partial charge on any atom is -0.462 e. The van der Waals surface area contributed by atoms with Crippen LogP contribution in [0.4, 0.5) is 5.00 Å². The first-order chi connectivity index (χ1) is 11.6. The van der Waals surface area contributed by atoms with Gasteiger partial charge in [0.05, 0.1) is 23.2 Å². The van der Waals surface area contributed by atoms with Gasteiger partial charge in [0.2, 0.25) is 0 Å². The SMILES string of the molecule is CCOC(=O)c1sc(N)c(C#N)c1CSc1nc2ccccc2[nH]1. The molecule has 0 unspecified atom stereocenters. The smallest absolute Gasteiger partial charge is 0.348 e. The van der Waals surface area contributed by atoms with Crippen LogP contribution in [0.5, 0.6) is 0 Å². The third-order valence-corrected chi connectivity index (χ3v) is 5.27. The summed E-state index contributed by atoms with van der Waals surface area (Å²) in [5, 5.41) is 10.4. The van der Waals surface area contributed by atoms with Crippen LogP contribution in [0, 0.1) is 11.3 Å². The van der Waals surface area contributed by atoms with E-state index in [1.807, 2.05) is 24.3 Å². The quantitative estimate of drug-likeness (QED) is 0.534. The number of ether oxygens (including phenoxy) is 1. The number of benzene rings is 1. The number of aromatic amines is 1. The topological polar surface area (TPSA) is 105 Å². The summed E-state index contributed by atoms with van der Waals surface area (Å²) in [6.07, 6.45) is 0. The molecule has 24 heavy (non-hydrogen) atoms. The van der Waals surface area contributed by atoms with Gasteiger partial charge in [0.15, 0.2) is 5.16 Å². The zero-order chi connectivity index (χ0) is 17.1. The molecule has 3 aromatic rings. The number of hydrogen-bond acceptors (Lipinski definition) is 7. The molecule has 0 atom stereocenters. The van der Waals surface area contributed by atoms with E-state index in [1.165, 1.54) is 11.8 Å². The van der Waals surface area contributed by atoms with Crippen LogP contribution >= 0.6 is 23.1 Å². The number of carbonyl (C=O) groups excluding carboxylic acids is 1. The van der Waals surface area contributed by atoms with Crippen molar-refractivity contribution in [1.29, 1.82) is 5.26 Å². The van der Waals surface area contributed by atoms with Gasteiger partial charge in [-0.3, -0.25) is 0 Å². The van der Waals surface area contributed by atoms with Crippen molar-refractivity contribution in [3.8, 4) is 6.07 Å². The average molecular weight is 358 g/mol. The van der Waals surface area contributed by atoms with Gasteiger partial charge in [-0.15, -0.1) is 11.3 Å². The molecular weight excluding hydrogens is 344 g/mol. The predicted molar refractivity (Wildman–Crippen MR) is 95.1 cm³/mol. The number of aromatic nitrogens is 2. The molecule has 0 aliphatic rings. The van der Waals surface area contributed by atoms with E-state index in [2.05, 4.69) is 16.0 Å². The van der Waals surface area contributed by atoms with Crippen LogP contribution in [0.15, 0.2) is 29.4 Å². The molecule has 2 heterocycles. The maximum absolute atomic E-state index is 12.1. The Morgan fingerprint density at radius 3 is 3.00 bits per heavy atom. The highest BCUT2D eigenvalue weighted by atomic mass is 32.2. The van der Waals surface area contributed by atoms with E-state index in [1.54, 1.807) is 6.92 Å². The summed E-state index contributed by atoms with van der Waals surface area (Å²) in [7, 11) is 0. The Labute approximate surface area is 146 Å². The van der Waals surface area contributed by atoms with Crippen molar-refractivity contribution in [1.82, 2.24) is 9.97 Å². The van der Waals surface area contributed by atoms with Crippen LogP contribution < -0.4 is 5.73 Å². The van der Waals surface area contributed by atoms with E-state index in [9.17, 15) is 10.1 Å². The number of para-hydroxylation sites is 2. The molecular formula is C16H14N4O2S2. The summed E-state index contributed by atoms with van der Waals surface area (Å²) in [6.45, 7) is 2.01. The molecule has 0 aliphatic heterocycles. The highest BCUT2D eigenvalue weighted by molar-refractivity contribution is 7.98. The third-order valence-electron chi connectivity index (χ3n) is 3.33. The van der Waals surface area contributed by atoms with Gasteiger partial charge >= 0.3 is 5.97 Å². The first-order valence-corrected chi connectivity index (χ1v) is 9.00. The van der Waals surface area contributed by atoms with Crippen molar-refractivity contribution >= 4 is 45.1 Å². The molecule has 122 valence electrons. The number of imidazole rings is 1. The molecule has 0 bridgehead atoms. The molecule has 2 aromatic heterocycles. The summed E-state index contributed by atoms with van der Waals surface area (Å²) in [6, 6.07) is 9.79. The number of H-pyrrole nitrogens is 1. The second-order valence-electron chi connectivity index (χ2n) is 4.83. The van der Waals surface area contributed by atoms with Crippen molar-refractivity contribution < 1.29 is 9.53 Å². The van der Waals surface area contributed by atoms with Gasteiger partial charge in [0.1, 0.15) is 15.9 Å². The Bertz CT molecular complexity index is 906. The number of hydrogen-bond donors (Lipinski definition) is 2. The number of anilines is 1. The molecule has 0 saturated carbocycles. The molecule has 0 spiro atoms. The molecule has 6 nitrogen and oxygen atoms in total. The van der Waals surface area contributed by atoms with Gasteiger partial charge in [0.25, 0.3) is 0 Å². The van der Waals surface area contributed by atoms with Crippen LogP contribution in [0.3, 0.4) is 0 Å². The fourth-order valence-corrected chi connectivity index (χ4v) is 4.18. The highest BCUT2D eigenvalue weighted by Crippen LogP contribution is 2.35. The number of rotatable bonds is 5. The second kappa shape index (κ2) is 6.95. The molecule has 0 aliphatic carbocycles. The van der Waals surface area contributed by atoms with Gasteiger partial charge in [0, 0.05) is 11.3 Å². The van der Waals surface area contributed by atoms with E-state index in [4.69, 9.17) is 10.5 Å². The number of thiophene rings is 1. The van der Waals surface area contributed by atoms with Crippen molar-refractivity contribution in [2.75, 3.05) is 12.3 Å². The maximum Gasteiger partial charge on any atom is 0.348 e. The summed E-state index contributed by atoms with van der Waals surface area (Å²) >= 11 is 2.51. The van der Waals surface area contributed by atoms with Crippen molar-refractivity contribution in [3.63, 3.8) is 0 Å². The number of nitriles is 1. The monoisotopic (exact) mass is 358 g/mol. The molecule has 3 rings (SSSR count). The van der Waals surface area contributed by atoms with Gasteiger partial charge in [-0.2, -0.15) is 5.26 Å². The van der Waals surface area contributed by atoms with Crippen LogP contribution in [-0.2, 0) is 10.5 Å². The van der Waals surface area contributed by atoms with Gasteiger partial charge < -0.3 is 15.5 Å². The highest BCUT2D eigenvalue weighted by Gasteiger charge is 2.23. The lowest BCUT2D eigenvalue weighted by Gasteiger charge is -2.03. The number of nitrogens with two attached hydrogens (primary N) is 1. The van der Waals surface area contributed by atoms with E-state index >= 15 is 0 Å². The number of nitrogens with zero attached hydrogens (tertiary/aromatic N) is 2. The number of thioether (sulfide) groups is 1. The number of nitrogen functional groups attached to an aromatic ring is 1. The lowest BCUT2D eigenvalue weighted by Crippen LogP contribution is -2.05. The minimum absolute atomic E-state index is 0.273. The summed E-state index contributed by atoms with van der Waals surface area (Å²) in [5.41, 5.74) is 8.62. The van der Waals surface area contributed by atoms with E-state index in [-0.39, 0.29) is 6.61 Å². The normalized spacial score (nSPS) is 10.7. The Morgan fingerprint density at radius 1 is 1.50 bits per heavy atom. The summed E-state index contributed by atoms with van der Waals surface area (Å²) in [4.78, 5) is 20.2. The zero-order valence-corrected chi connectivity index (χ0v) is 14.5. The largest absolute Gasteiger partial charge is 0.462 e. The molecule has 1 aromatic carbocycles. The van der Waals surface area contributed by atoms with Gasteiger partial charge in [-0.05, 0) is 19.1 Å². The summed E-state index contributed by atoms with van der Waals surface area (Å²) in [5.74, 6) is -0.0409. The third kappa shape index (κ3) is 3.09. The Balaban J connectivity index is 1.88. The van der Waals surface area contributed by atoms with E-state index in [0.29, 0.717) is 26.8 Å². The van der Waals surface area contributed by atoms with Crippen LogP contribution in [0.25, 0.3) is 11.0 Å². The van der Waals surface area contributed by atoms with Crippen molar-refractivity contribution in [2.45, 2.75) is 17.8 Å². The van der Waals surface area contributed by atoms with Crippen LogP contribution in [0.1, 0.15) is 27.7 Å². The molecule has 3 N–H and O–H groups in total. The number of esters is 1. The van der Waals surface area contributed by atoms with E-state index in [0.717, 1.165) is 27.5 Å². The Morgan fingerprint density at radius 2 is 2.29 bits per heavy atom. The van der Waals surface area contributed by atoms with Crippen molar-refractivity contribution in [3.05, 3.63) is 40.3 Å². The molecule has 0 fully saturated rings. The van der Waals surface area contributed by atoms with Crippen LogP contribution in [-0.4, -0.2) is 22.5 Å². The number of carbonyl (C=O) groups is 1. The Kier molecular flexibility index (Phi) is 4.74. The standard InChI is InChI=1S/C16H14N4O2S2/c1-2-22-15(21)13-10(9(7-17)14(18)24-13)8-23-16-19-11-5-3-4-6-12(11)20-16/h3-6H,2,8,18H2,1H3,(H,19,20). The lowest BCUT2D eigenvalue weighted by atomic mass is 10.2. The fraction of sp³-hybridized carbons (Fsp3) is 0.188. The fourth-order valence-electron chi connectivity index (χ4n) is 2.24. The molecule has 0 radical (unpaired) electrons. The zero-order valence-electron chi connectivity index (χ0n) is 12.8. The van der Waals surface area contributed by atoms with Gasteiger partial charge in [-0.1, -0.05) is 23.9 Å². The van der Waals surface area contributed by atoms with Crippen molar-refractivity contribution in [2.24, 2.45) is 0 Å². The first kappa shape index (κ1) is 16.4. The molecule has 0 amide bonds. The first-order valence-electron chi connectivity index (χ1n) is 7.20. The average Bonchev–Trinajstić information content (AvgIpc) is 3.13. The lowest BCUT2D eigenvalue weighted by molar-refractivity contribution is 0.0531. The molecule has 8 heteroatoms. The van der Waals surface area contributed by atoms with Crippen LogP contribution in [0.2, 0.25) is 0 Å². The number of fused-ring (bicyclic) bond motifs is 1. The second-order valence-corrected chi connectivity index (χ2v) is 6.85. The summed E-state index contributed by atoms with van der Waals surface area (Å²) < 4.78 is 5.06. The van der Waals surface area contributed by atoms with Gasteiger partial charge in [-0.25, -0.2) is 9.78 Å². The number of nitrogens with one attached hydrogen (secondary N) is 1.